The summed E-state index contributed by atoms with van der Waals surface area (Å²) in [5, 5.41) is 0. The van der Waals surface area contributed by atoms with E-state index in [1.165, 1.54) is 18.4 Å². The fourth-order valence-corrected chi connectivity index (χ4v) is 3.22. The minimum absolute atomic E-state index is 0. The molecule has 0 radical (unpaired) electrons. The largest absolute Gasteiger partial charge is 0.482 e. The van der Waals surface area contributed by atoms with Crippen LogP contribution in [0, 0.1) is 0 Å². The summed E-state index contributed by atoms with van der Waals surface area (Å²) in [4.78, 5) is 6.77. The number of pyridine rings is 1. The third-order valence-corrected chi connectivity index (χ3v) is 4.37. The van der Waals surface area contributed by atoms with Crippen LogP contribution in [0.1, 0.15) is 44.1 Å². The van der Waals surface area contributed by atoms with E-state index in [4.69, 9.17) is 10.5 Å². The number of anilines is 1. The number of rotatable bonds is 2. The maximum atomic E-state index is 7.96. The molecule has 0 aliphatic carbocycles. The normalized spacial score (nSPS) is 23.6. The predicted octanol–water partition coefficient (Wildman–Crippen LogP) is 3.65. The standard InChI is InChI=1S/C15H22N3O.Fe/c1-11-3-2-6-18(11)15-10-13(9-14(16)17-15)12-4-7-19-8-5-12;/h9-12H,2-8H2,1H3,(H-,16,17);/q-1;. The van der Waals surface area contributed by atoms with Gasteiger partial charge in [-0.3, -0.25) is 0 Å². The summed E-state index contributed by atoms with van der Waals surface area (Å²) in [6.07, 6.45) is 4.60. The molecule has 3 rings (SSSR count). The van der Waals surface area contributed by atoms with Crippen LogP contribution in [0.4, 0.5) is 11.6 Å². The molecule has 0 spiro atoms. The number of ether oxygens (including phenoxy) is 1. The molecule has 0 aromatic carbocycles. The van der Waals surface area contributed by atoms with Gasteiger partial charge in [-0.25, -0.2) is 0 Å². The van der Waals surface area contributed by atoms with Crippen molar-refractivity contribution in [3.63, 3.8) is 0 Å². The van der Waals surface area contributed by atoms with Crippen molar-refractivity contribution >= 4 is 11.6 Å². The predicted molar refractivity (Wildman–Crippen MR) is 77.1 cm³/mol. The summed E-state index contributed by atoms with van der Waals surface area (Å²) in [6, 6.07) is 4.69. The molecule has 20 heavy (non-hydrogen) atoms. The summed E-state index contributed by atoms with van der Waals surface area (Å²) in [5.74, 6) is 1.94. The van der Waals surface area contributed by atoms with Gasteiger partial charge in [-0.2, -0.15) is 0 Å². The van der Waals surface area contributed by atoms with Gasteiger partial charge in [0.2, 0.25) is 0 Å². The Morgan fingerprint density at radius 2 is 2.00 bits per heavy atom. The van der Waals surface area contributed by atoms with Gasteiger partial charge >= 0.3 is 0 Å². The van der Waals surface area contributed by atoms with Crippen molar-refractivity contribution in [3.05, 3.63) is 23.4 Å². The molecule has 1 unspecified atom stereocenters. The zero-order valence-corrected chi connectivity index (χ0v) is 13.0. The van der Waals surface area contributed by atoms with Gasteiger partial charge in [0.05, 0.1) is 0 Å². The maximum Gasteiger partial charge on any atom is 0.0471 e. The molecule has 5 heteroatoms. The Hall–Kier alpha value is -0.771. The molecule has 1 aromatic rings. The van der Waals surface area contributed by atoms with Gasteiger partial charge in [-0.15, -0.1) is 0 Å². The fourth-order valence-electron chi connectivity index (χ4n) is 3.22. The molecular formula is C15H22FeN3O-. The van der Waals surface area contributed by atoms with E-state index in [1.807, 2.05) is 6.07 Å². The van der Waals surface area contributed by atoms with E-state index < -0.39 is 0 Å². The molecule has 3 heterocycles. The van der Waals surface area contributed by atoms with Gasteiger partial charge < -0.3 is 20.4 Å². The van der Waals surface area contributed by atoms with Crippen LogP contribution in [-0.4, -0.2) is 30.8 Å². The number of nitrogens with one attached hydrogen (secondary N) is 1. The van der Waals surface area contributed by atoms with Crippen molar-refractivity contribution in [2.45, 2.75) is 44.6 Å². The summed E-state index contributed by atoms with van der Waals surface area (Å²) in [5.41, 5.74) is 9.23. The second-order valence-electron chi connectivity index (χ2n) is 5.72. The molecule has 2 saturated heterocycles. The molecule has 112 valence electrons. The molecule has 1 aromatic heterocycles. The summed E-state index contributed by atoms with van der Waals surface area (Å²) >= 11 is 0. The zero-order valence-electron chi connectivity index (χ0n) is 11.9. The Kier molecular flexibility index (Phi) is 5.30. The summed E-state index contributed by atoms with van der Waals surface area (Å²) in [6.45, 7) is 5.01. The van der Waals surface area contributed by atoms with Crippen LogP contribution >= 0.6 is 0 Å². The van der Waals surface area contributed by atoms with Gasteiger partial charge in [0.1, 0.15) is 0 Å². The molecule has 0 amide bonds. The van der Waals surface area contributed by atoms with E-state index in [0.29, 0.717) is 17.8 Å². The minimum atomic E-state index is 0. The minimum Gasteiger partial charge on any atom is -0.482 e. The molecule has 2 fully saturated rings. The molecule has 2 aliphatic rings. The number of nitrogens with zero attached hydrogens (tertiary/aromatic N) is 2. The average Bonchev–Trinajstić information content (AvgIpc) is 2.85. The fraction of sp³-hybridized carbons (Fsp3) is 0.667. The van der Waals surface area contributed by atoms with Crippen LogP contribution < -0.4 is 4.90 Å². The third-order valence-electron chi connectivity index (χ3n) is 4.37. The smallest absolute Gasteiger partial charge is 0.0471 e. The van der Waals surface area contributed by atoms with Gasteiger partial charge in [0, 0.05) is 48.7 Å². The third kappa shape index (κ3) is 3.27. The Morgan fingerprint density at radius 1 is 1.25 bits per heavy atom. The zero-order chi connectivity index (χ0) is 13.2. The van der Waals surface area contributed by atoms with Crippen molar-refractivity contribution in [1.82, 2.24) is 4.98 Å². The van der Waals surface area contributed by atoms with Crippen LogP contribution in [0.5, 0.6) is 0 Å². The molecule has 0 bridgehead atoms. The van der Waals surface area contributed by atoms with Crippen molar-refractivity contribution in [3.8, 4) is 0 Å². The molecule has 4 nitrogen and oxygen atoms in total. The number of hydrogen-bond donors (Lipinski definition) is 0. The first-order chi connectivity index (χ1) is 9.24. The Bertz CT molecular complexity index is 449. The van der Waals surface area contributed by atoms with Crippen LogP contribution in [0.15, 0.2) is 12.1 Å². The van der Waals surface area contributed by atoms with E-state index in [-0.39, 0.29) is 17.1 Å². The Labute approximate surface area is 131 Å². The van der Waals surface area contributed by atoms with Crippen molar-refractivity contribution in [2.24, 2.45) is 0 Å². The second kappa shape index (κ2) is 6.79. The quantitative estimate of drug-likeness (QED) is 0.783. The molecular weight excluding hydrogens is 294 g/mol. The van der Waals surface area contributed by atoms with Gasteiger partial charge in [-0.05, 0) is 50.2 Å². The second-order valence-corrected chi connectivity index (χ2v) is 5.72. The van der Waals surface area contributed by atoms with Crippen LogP contribution in [-0.2, 0) is 21.8 Å². The Balaban J connectivity index is 0.00000147. The van der Waals surface area contributed by atoms with Crippen molar-refractivity contribution in [1.29, 1.82) is 0 Å². The van der Waals surface area contributed by atoms with E-state index in [0.717, 1.165) is 38.4 Å². The molecule has 2 aliphatic heterocycles. The van der Waals surface area contributed by atoms with Crippen LogP contribution in [0.2, 0.25) is 0 Å². The van der Waals surface area contributed by atoms with Gasteiger partial charge in [0.25, 0.3) is 0 Å². The maximum absolute atomic E-state index is 7.96. The average molecular weight is 316 g/mol. The van der Waals surface area contributed by atoms with Crippen molar-refractivity contribution < 1.29 is 21.8 Å². The van der Waals surface area contributed by atoms with Crippen molar-refractivity contribution in [2.75, 3.05) is 24.7 Å². The topological polar surface area (TPSA) is 49.2 Å². The first kappa shape index (κ1) is 15.6. The molecule has 1 N–H and O–H groups in total. The van der Waals surface area contributed by atoms with E-state index in [9.17, 15) is 0 Å². The first-order valence-corrected chi connectivity index (χ1v) is 7.32. The Morgan fingerprint density at radius 3 is 2.65 bits per heavy atom. The van der Waals surface area contributed by atoms with E-state index in [2.05, 4.69) is 22.9 Å². The SMILES string of the molecule is CC1CCCN1c1cc(C2CCOCC2)cc([NH-])n1.[Fe]. The summed E-state index contributed by atoms with van der Waals surface area (Å²) in [7, 11) is 0. The first-order valence-electron chi connectivity index (χ1n) is 7.32. The molecule has 0 saturated carbocycles. The molecule has 1 atom stereocenters. The van der Waals surface area contributed by atoms with Crippen LogP contribution in [0.25, 0.3) is 5.73 Å². The van der Waals surface area contributed by atoms with E-state index >= 15 is 0 Å². The van der Waals surface area contributed by atoms with Gasteiger partial charge in [-0.1, -0.05) is 11.9 Å². The number of aromatic nitrogens is 1. The van der Waals surface area contributed by atoms with Crippen LogP contribution in [0.3, 0.4) is 0 Å². The summed E-state index contributed by atoms with van der Waals surface area (Å²) < 4.78 is 5.43. The van der Waals surface area contributed by atoms with E-state index in [1.54, 1.807) is 0 Å². The monoisotopic (exact) mass is 316 g/mol. The van der Waals surface area contributed by atoms with Gasteiger partial charge in [0.15, 0.2) is 0 Å². The number of hydrogen-bond acceptors (Lipinski definition) is 3.